The fourth-order valence-electron chi connectivity index (χ4n) is 3.32. The zero-order valence-electron chi connectivity index (χ0n) is 12.0. The fourth-order valence-corrected chi connectivity index (χ4v) is 3.48. The molecule has 5 nitrogen and oxygen atoms in total. The van der Waals surface area contributed by atoms with Crippen LogP contribution in [0.15, 0.2) is 46.2 Å². The Balaban J connectivity index is 1.72. The summed E-state index contributed by atoms with van der Waals surface area (Å²) in [4.78, 5) is 17.8. The van der Waals surface area contributed by atoms with Crippen LogP contribution >= 0.6 is 11.6 Å². The van der Waals surface area contributed by atoms with Crippen molar-refractivity contribution in [2.75, 3.05) is 0 Å². The van der Waals surface area contributed by atoms with E-state index in [1.54, 1.807) is 13.8 Å². The molecule has 112 valence electrons. The van der Waals surface area contributed by atoms with E-state index in [1.807, 2.05) is 35.4 Å². The molecule has 6 heteroatoms. The number of carboxylic acid groups (broad SMARTS) is 1. The van der Waals surface area contributed by atoms with E-state index in [2.05, 4.69) is 4.99 Å². The van der Waals surface area contributed by atoms with Crippen LogP contribution in [0.4, 0.5) is 0 Å². The smallest absolute Gasteiger partial charge is 0.336 e. The number of allylic oxidation sites excluding steroid dienone is 1. The summed E-state index contributed by atoms with van der Waals surface area (Å²) < 4.78 is 5.69. The van der Waals surface area contributed by atoms with Crippen molar-refractivity contribution in [1.82, 2.24) is 4.90 Å². The quantitative estimate of drug-likeness (QED) is 0.895. The number of halogens is 1. The van der Waals surface area contributed by atoms with Gasteiger partial charge in [0.15, 0.2) is 12.0 Å². The second-order valence-corrected chi connectivity index (χ2v) is 6.17. The highest BCUT2D eigenvalue weighted by molar-refractivity contribution is 6.30. The van der Waals surface area contributed by atoms with Gasteiger partial charge in [-0.2, -0.15) is 0 Å². The maximum absolute atomic E-state index is 11.4. The number of hydrogen-bond donors (Lipinski definition) is 1. The summed E-state index contributed by atoms with van der Waals surface area (Å²) in [5.41, 5.74) is 0.901. The zero-order valence-corrected chi connectivity index (χ0v) is 12.8. The molecule has 0 amide bonds. The number of aliphatic carboxylic acids is 1. The molecule has 0 saturated carbocycles. The predicted octanol–water partition coefficient (Wildman–Crippen LogP) is 1.38. The zero-order chi connectivity index (χ0) is 15.6. The predicted molar refractivity (Wildman–Crippen MR) is 80.2 cm³/mol. The van der Waals surface area contributed by atoms with E-state index >= 15 is 0 Å². The average Bonchev–Trinajstić information content (AvgIpc) is 3.01. The van der Waals surface area contributed by atoms with Crippen molar-refractivity contribution in [2.24, 2.45) is 4.99 Å². The van der Waals surface area contributed by atoms with Crippen molar-refractivity contribution in [3.8, 4) is 0 Å². The van der Waals surface area contributed by atoms with Gasteiger partial charge in [-0.05, 0) is 37.6 Å². The minimum atomic E-state index is -0.939. The summed E-state index contributed by atoms with van der Waals surface area (Å²) in [6.07, 6.45) is 3.48. The lowest BCUT2D eigenvalue weighted by Gasteiger charge is -2.49. The van der Waals surface area contributed by atoms with Crippen LogP contribution in [-0.2, 0) is 9.53 Å². The third-order valence-electron chi connectivity index (χ3n) is 4.35. The molecule has 0 aliphatic carbocycles. The normalized spacial score (nSPS) is 30.0. The van der Waals surface area contributed by atoms with Crippen LogP contribution in [0.25, 0.3) is 6.08 Å². The lowest BCUT2D eigenvalue weighted by molar-refractivity contribution is -0.270. The van der Waals surface area contributed by atoms with Crippen LogP contribution in [0.1, 0.15) is 13.8 Å². The Bertz CT molecular complexity index is 902. The molecule has 4 heterocycles. The molecule has 2 atom stereocenters. The molecule has 22 heavy (non-hydrogen) atoms. The van der Waals surface area contributed by atoms with Crippen LogP contribution in [-0.4, -0.2) is 27.9 Å². The number of ether oxygens (including phenoxy) is 1. The summed E-state index contributed by atoms with van der Waals surface area (Å²) in [6, 6.07) is 5.54. The second kappa shape index (κ2) is 4.21. The lowest BCUT2D eigenvalue weighted by atomic mass is 10.1. The third-order valence-corrected chi connectivity index (χ3v) is 4.58. The molecule has 2 bridgehead atoms. The Labute approximate surface area is 131 Å². The van der Waals surface area contributed by atoms with Crippen molar-refractivity contribution < 1.29 is 14.6 Å². The van der Waals surface area contributed by atoms with Crippen LogP contribution in [0.3, 0.4) is 0 Å². The Kier molecular flexibility index (Phi) is 2.59. The van der Waals surface area contributed by atoms with Gasteiger partial charge in [0, 0.05) is 16.4 Å². The van der Waals surface area contributed by atoms with E-state index in [4.69, 9.17) is 16.3 Å². The first-order valence-corrected chi connectivity index (χ1v) is 7.26. The third kappa shape index (κ3) is 1.63. The van der Waals surface area contributed by atoms with Gasteiger partial charge in [-0.3, -0.25) is 0 Å². The highest BCUT2D eigenvalue weighted by atomic mass is 35.5. The fraction of sp³-hybridized carbons (Fsp3) is 0.250. The maximum atomic E-state index is 11.4. The molecule has 1 saturated heterocycles. The van der Waals surface area contributed by atoms with Gasteiger partial charge in [0.2, 0.25) is 0 Å². The van der Waals surface area contributed by atoms with Gasteiger partial charge in [-0.25, -0.2) is 9.79 Å². The molecule has 1 fully saturated rings. The van der Waals surface area contributed by atoms with Crippen molar-refractivity contribution in [1.29, 1.82) is 0 Å². The summed E-state index contributed by atoms with van der Waals surface area (Å²) in [5, 5.41) is 11.8. The Morgan fingerprint density at radius 1 is 1.55 bits per heavy atom. The van der Waals surface area contributed by atoms with Crippen molar-refractivity contribution in [3.63, 3.8) is 0 Å². The Morgan fingerprint density at radius 2 is 2.32 bits per heavy atom. The Hall–Kier alpha value is -2.11. The van der Waals surface area contributed by atoms with Crippen molar-refractivity contribution in [2.45, 2.75) is 25.8 Å². The van der Waals surface area contributed by atoms with Gasteiger partial charge >= 0.3 is 5.97 Å². The summed E-state index contributed by atoms with van der Waals surface area (Å²) in [6.45, 7) is 3.56. The van der Waals surface area contributed by atoms with E-state index in [-0.39, 0.29) is 6.23 Å². The van der Waals surface area contributed by atoms with Crippen LogP contribution in [0.5, 0.6) is 0 Å². The van der Waals surface area contributed by atoms with E-state index in [9.17, 15) is 9.90 Å². The molecule has 2 unspecified atom stereocenters. The topological polar surface area (TPSA) is 62.1 Å². The SMILES string of the molecule is CC1=C(C(=O)O)C2(C)OC1N2/C=C1/C=c2ccc(Cl)cc2=N1. The van der Waals surface area contributed by atoms with E-state index in [0.29, 0.717) is 10.6 Å². The maximum Gasteiger partial charge on any atom is 0.336 e. The molecule has 1 N–H and O–H groups in total. The molecule has 4 aliphatic rings. The first kappa shape index (κ1) is 13.5. The van der Waals surface area contributed by atoms with Crippen LogP contribution in [0, 0.1) is 0 Å². The largest absolute Gasteiger partial charge is 0.478 e. The summed E-state index contributed by atoms with van der Waals surface area (Å²) >= 11 is 5.97. The minimum Gasteiger partial charge on any atom is -0.478 e. The molecule has 1 aromatic rings. The van der Waals surface area contributed by atoms with Crippen molar-refractivity contribution in [3.05, 3.63) is 56.8 Å². The minimum absolute atomic E-state index is 0.313. The number of rotatable bonds is 2. The standard InChI is InChI=1S/C16H13ClN2O3/c1-8-13(15(20)21)16(2)19(14(8)22-16)7-11-5-9-3-4-10(17)6-12(9)18-11/h3-7,14H,1-2H3,(H,20,21)/b11-7-. The lowest BCUT2D eigenvalue weighted by Crippen LogP contribution is -2.60. The highest BCUT2D eigenvalue weighted by Gasteiger charge is 2.61. The molecule has 4 aliphatic heterocycles. The van der Waals surface area contributed by atoms with E-state index in [1.165, 1.54) is 0 Å². The van der Waals surface area contributed by atoms with Crippen LogP contribution in [0.2, 0.25) is 5.02 Å². The number of carboxylic acids is 1. The van der Waals surface area contributed by atoms with Gasteiger partial charge < -0.3 is 14.7 Å². The molecule has 0 radical (unpaired) electrons. The summed E-state index contributed by atoms with van der Waals surface area (Å²) in [7, 11) is 0. The first-order chi connectivity index (χ1) is 10.4. The average molecular weight is 317 g/mol. The molecular weight excluding hydrogens is 304 g/mol. The molecule has 0 aromatic heterocycles. The van der Waals surface area contributed by atoms with Gasteiger partial charge in [-0.15, -0.1) is 0 Å². The first-order valence-electron chi connectivity index (χ1n) is 6.89. The van der Waals surface area contributed by atoms with Gasteiger partial charge in [0.05, 0.1) is 16.6 Å². The number of nitrogens with zero attached hydrogens (tertiary/aromatic N) is 2. The molecule has 1 aromatic carbocycles. The Morgan fingerprint density at radius 3 is 3.00 bits per heavy atom. The summed E-state index contributed by atoms with van der Waals surface area (Å²) in [5.74, 6) is -0.939. The van der Waals surface area contributed by atoms with Gasteiger partial charge in [-0.1, -0.05) is 17.7 Å². The monoisotopic (exact) mass is 316 g/mol. The number of carbonyl (C=O) groups is 1. The van der Waals surface area contributed by atoms with Gasteiger partial charge in [0.1, 0.15) is 0 Å². The second-order valence-electron chi connectivity index (χ2n) is 5.74. The molecular formula is C16H13ClN2O3. The van der Waals surface area contributed by atoms with Crippen molar-refractivity contribution >= 4 is 23.6 Å². The van der Waals surface area contributed by atoms with Gasteiger partial charge in [0.25, 0.3) is 0 Å². The highest BCUT2D eigenvalue weighted by Crippen LogP contribution is 2.51. The van der Waals surface area contributed by atoms with E-state index < -0.39 is 11.7 Å². The molecule has 5 rings (SSSR count). The van der Waals surface area contributed by atoms with E-state index in [0.717, 1.165) is 21.8 Å². The number of hydrogen-bond acceptors (Lipinski definition) is 4. The molecule has 0 spiro atoms. The number of fused-ring (bicyclic) bond motifs is 1. The van der Waals surface area contributed by atoms with Crippen LogP contribution < -0.4 is 10.6 Å². The number of benzene rings is 1.